The van der Waals surface area contributed by atoms with Gasteiger partial charge in [0.2, 0.25) is 5.91 Å². The minimum absolute atomic E-state index is 0.0228. The standard InChI is InChI=1S/C20H19ClN2O2/c1-13-9-14(2)20-17(10-13)23(8-7-18(20)24)12-19(25)22-11-15-3-5-16(21)6-4-15/h3-10H,11-12H2,1-2H3,(H,22,25). The van der Waals surface area contributed by atoms with E-state index in [1.165, 1.54) is 6.07 Å². The van der Waals surface area contributed by atoms with Crippen LogP contribution in [0.3, 0.4) is 0 Å². The number of benzene rings is 2. The quantitative estimate of drug-likeness (QED) is 0.778. The van der Waals surface area contributed by atoms with Crippen LogP contribution in [-0.2, 0) is 17.9 Å². The van der Waals surface area contributed by atoms with E-state index in [1.54, 1.807) is 18.3 Å². The van der Waals surface area contributed by atoms with Gasteiger partial charge < -0.3 is 9.88 Å². The van der Waals surface area contributed by atoms with Crippen LogP contribution in [-0.4, -0.2) is 10.5 Å². The number of hydrogen-bond acceptors (Lipinski definition) is 2. The molecular weight excluding hydrogens is 336 g/mol. The number of halogens is 1. The lowest BCUT2D eigenvalue weighted by Crippen LogP contribution is -2.27. The molecule has 1 aromatic heterocycles. The second-order valence-electron chi connectivity index (χ2n) is 6.19. The summed E-state index contributed by atoms with van der Waals surface area (Å²) in [6.07, 6.45) is 1.67. The Morgan fingerprint density at radius 1 is 1.12 bits per heavy atom. The van der Waals surface area contributed by atoms with Gasteiger partial charge >= 0.3 is 0 Å². The van der Waals surface area contributed by atoms with Crippen molar-refractivity contribution in [3.8, 4) is 0 Å². The van der Waals surface area contributed by atoms with Crippen molar-refractivity contribution in [3.63, 3.8) is 0 Å². The van der Waals surface area contributed by atoms with Crippen molar-refractivity contribution in [2.75, 3.05) is 0 Å². The van der Waals surface area contributed by atoms with Gasteiger partial charge in [-0.1, -0.05) is 29.8 Å². The SMILES string of the molecule is Cc1cc(C)c2c(=O)ccn(CC(=O)NCc3ccc(Cl)cc3)c2c1. The first kappa shape index (κ1) is 17.2. The smallest absolute Gasteiger partial charge is 0.240 e. The molecule has 1 amide bonds. The van der Waals surface area contributed by atoms with E-state index in [1.807, 2.05) is 42.7 Å². The Kier molecular flexibility index (Phi) is 4.91. The van der Waals surface area contributed by atoms with Crippen molar-refractivity contribution >= 4 is 28.4 Å². The third kappa shape index (κ3) is 3.91. The lowest BCUT2D eigenvalue weighted by molar-refractivity contribution is -0.121. The Labute approximate surface area is 151 Å². The fourth-order valence-corrected chi connectivity index (χ4v) is 3.09. The molecule has 3 rings (SSSR count). The van der Waals surface area contributed by atoms with Gasteiger partial charge in [-0.05, 0) is 48.7 Å². The summed E-state index contributed by atoms with van der Waals surface area (Å²) in [5.74, 6) is -0.112. The Morgan fingerprint density at radius 3 is 2.56 bits per heavy atom. The molecule has 0 spiro atoms. The van der Waals surface area contributed by atoms with Crippen molar-refractivity contribution in [2.45, 2.75) is 26.9 Å². The Bertz CT molecular complexity index is 991. The number of aryl methyl sites for hydroxylation is 2. The van der Waals surface area contributed by atoms with Gasteiger partial charge in [-0.2, -0.15) is 0 Å². The van der Waals surface area contributed by atoms with Crippen LogP contribution in [0.15, 0.2) is 53.5 Å². The van der Waals surface area contributed by atoms with Gasteiger partial charge in [-0.3, -0.25) is 9.59 Å². The normalized spacial score (nSPS) is 10.8. The molecule has 25 heavy (non-hydrogen) atoms. The summed E-state index contributed by atoms with van der Waals surface area (Å²) >= 11 is 5.86. The van der Waals surface area contributed by atoms with Gasteiger partial charge in [0.1, 0.15) is 6.54 Å². The molecule has 5 heteroatoms. The number of pyridine rings is 1. The fraction of sp³-hybridized carbons (Fsp3) is 0.200. The Hall–Kier alpha value is -2.59. The number of amides is 1. The van der Waals surface area contributed by atoms with E-state index in [4.69, 9.17) is 11.6 Å². The predicted molar refractivity (Wildman–Crippen MR) is 101 cm³/mol. The highest BCUT2D eigenvalue weighted by molar-refractivity contribution is 6.30. The summed E-state index contributed by atoms with van der Waals surface area (Å²) in [6, 6.07) is 12.8. The lowest BCUT2D eigenvalue weighted by atomic mass is 10.1. The molecule has 0 saturated carbocycles. The average molecular weight is 355 g/mol. The van der Waals surface area contributed by atoms with Crippen LogP contribution in [0, 0.1) is 13.8 Å². The first-order chi connectivity index (χ1) is 11.9. The maximum Gasteiger partial charge on any atom is 0.240 e. The zero-order valence-electron chi connectivity index (χ0n) is 14.2. The first-order valence-corrected chi connectivity index (χ1v) is 8.43. The predicted octanol–water partition coefficient (Wildman–Crippen LogP) is 3.59. The maximum absolute atomic E-state index is 12.3. The second-order valence-corrected chi connectivity index (χ2v) is 6.62. The van der Waals surface area contributed by atoms with E-state index in [0.717, 1.165) is 22.2 Å². The van der Waals surface area contributed by atoms with Gasteiger partial charge in [0, 0.05) is 29.2 Å². The number of rotatable bonds is 4. The summed E-state index contributed by atoms with van der Waals surface area (Å²) in [7, 11) is 0. The van der Waals surface area contributed by atoms with Gasteiger partial charge in [0.25, 0.3) is 0 Å². The van der Waals surface area contributed by atoms with E-state index in [-0.39, 0.29) is 17.9 Å². The number of nitrogens with zero attached hydrogens (tertiary/aromatic N) is 1. The topological polar surface area (TPSA) is 51.1 Å². The van der Waals surface area contributed by atoms with Crippen molar-refractivity contribution < 1.29 is 4.79 Å². The van der Waals surface area contributed by atoms with Crippen molar-refractivity contribution in [3.05, 3.63) is 80.6 Å². The van der Waals surface area contributed by atoms with Crippen molar-refractivity contribution in [1.29, 1.82) is 0 Å². The van der Waals surface area contributed by atoms with Crippen molar-refractivity contribution in [1.82, 2.24) is 9.88 Å². The summed E-state index contributed by atoms with van der Waals surface area (Å²) in [5, 5.41) is 4.23. The fourth-order valence-electron chi connectivity index (χ4n) is 2.96. The molecule has 2 aromatic carbocycles. The Balaban J connectivity index is 1.80. The molecule has 0 fully saturated rings. The molecule has 4 nitrogen and oxygen atoms in total. The van der Waals surface area contributed by atoms with Crippen LogP contribution in [0.2, 0.25) is 5.02 Å². The number of nitrogens with one attached hydrogen (secondary N) is 1. The maximum atomic E-state index is 12.3. The molecule has 128 valence electrons. The summed E-state index contributed by atoms with van der Waals surface area (Å²) in [6.45, 7) is 4.50. The third-order valence-corrected chi connectivity index (χ3v) is 4.39. The molecule has 0 unspecified atom stereocenters. The number of hydrogen-bond donors (Lipinski definition) is 1. The molecule has 3 aromatic rings. The van der Waals surface area contributed by atoms with Crippen LogP contribution >= 0.6 is 11.6 Å². The number of fused-ring (bicyclic) bond motifs is 1. The van der Waals surface area contributed by atoms with E-state index >= 15 is 0 Å². The third-order valence-electron chi connectivity index (χ3n) is 4.14. The molecule has 0 saturated heterocycles. The zero-order valence-corrected chi connectivity index (χ0v) is 14.9. The van der Waals surface area contributed by atoms with E-state index in [2.05, 4.69) is 5.32 Å². The molecular formula is C20H19ClN2O2. The molecule has 0 radical (unpaired) electrons. The van der Waals surface area contributed by atoms with Gasteiger partial charge in [-0.15, -0.1) is 0 Å². The van der Waals surface area contributed by atoms with Gasteiger partial charge in [0.05, 0.1) is 5.52 Å². The minimum Gasteiger partial charge on any atom is -0.350 e. The summed E-state index contributed by atoms with van der Waals surface area (Å²) < 4.78 is 1.81. The second kappa shape index (κ2) is 7.11. The van der Waals surface area contributed by atoms with Crippen LogP contribution in [0.5, 0.6) is 0 Å². The Morgan fingerprint density at radius 2 is 1.84 bits per heavy atom. The molecule has 0 aliphatic rings. The molecule has 0 bridgehead atoms. The first-order valence-electron chi connectivity index (χ1n) is 8.05. The van der Waals surface area contributed by atoms with Gasteiger partial charge in [-0.25, -0.2) is 0 Å². The highest BCUT2D eigenvalue weighted by atomic mass is 35.5. The zero-order chi connectivity index (χ0) is 18.0. The summed E-state index contributed by atoms with van der Waals surface area (Å²) in [5.41, 5.74) is 3.73. The lowest BCUT2D eigenvalue weighted by Gasteiger charge is -2.13. The minimum atomic E-state index is -0.112. The highest BCUT2D eigenvalue weighted by Gasteiger charge is 2.09. The van der Waals surface area contributed by atoms with E-state index < -0.39 is 0 Å². The molecule has 0 aliphatic heterocycles. The number of carbonyl (C=O) groups excluding carboxylic acids is 1. The van der Waals surface area contributed by atoms with E-state index in [0.29, 0.717) is 17.0 Å². The average Bonchev–Trinajstić information content (AvgIpc) is 2.56. The molecule has 1 N–H and O–H groups in total. The van der Waals surface area contributed by atoms with Crippen LogP contribution in [0.1, 0.15) is 16.7 Å². The largest absolute Gasteiger partial charge is 0.350 e. The van der Waals surface area contributed by atoms with Gasteiger partial charge in [0.15, 0.2) is 5.43 Å². The van der Waals surface area contributed by atoms with Crippen LogP contribution in [0.4, 0.5) is 0 Å². The molecule has 1 heterocycles. The van der Waals surface area contributed by atoms with E-state index in [9.17, 15) is 9.59 Å². The molecule has 0 atom stereocenters. The van der Waals surface area contributed by atoms with Crippen LogP contribution < -0.4 is 10.7 Å². The summed E-state index contributed by atoms with van der Waals surface area (Å²) in [4.78, 5) is 24.5. The highest BCUT2D eigenvalue weighted by Crippen LogP contribution is 2.17. The number of carbonyl (C=O) groups is 1. The number of aromatic nitrogens is 1. The molecule has 0 aliphatic carbocycles. The van der Waals surface area contributed by atoms with Crippen molar-refractivity contribution in [2.24, 2.45) is 0 Å². The van der Waals surface area contributed by atoms with Crippen LogP contribution in [0.25, 0.3) is 10.9 Å². The monoisotopic (exact) mass is 354 g/mol.